The highest BCUT2D eigenvalue weighted by molar-refractivity contribution is 6.30. The van der Waals surface area contributed by atoms with Gasteiger partial charge < -0.3 is 5.32 Å². The smallest absolute Gasteiger partial charge is 0.0406 e. The molecule has 0 saturated heterocycles. The average molecular weight is 454 g/mol. The number of fused-ring (bicyclic) bond motifs is 1. The van der Waals surface area contributed by atoms with Crippen molar-refractivity contribution in [3.8, 4) is 0 Å². The quantitative estimate of drug-likeness (QED) is 0.237. The van der Waals surface area contributed by atoms with E-state index < -0.39 is 0 Å². The molecule has 2 heteroatoms. The summed E-state index contributed by atoms with van der Waals surface area (Å²) in [4.78, 5) is 0. The van der Waals surface area contributed by atoms with Crippen molar-refractivity contribution in [1.82, 2.24) is 5.32 Å². The van der Waals surface area contributed by atoms with Gasteiger partial charge in [0.2, 0.25) is 0 Å². The van der Waals surface area contributed by atoms with Gasteiger partial charge >= 0.3 is 0 Å². The van der Waals surface area contributed by atoms with Crippen LogP contribution in [0.3, 0.4) is 0 Å². The topological polar surface area (TPSA) is 12.0 Å². The van der Waals surface area contributed by atoms with E-state index in [-0.39, 0.29) is 0 Å². The van der Waals surface area contributed by atoms with Gasteiger partial charge in [0.25, 0.3) is 0 Å². The summed E-state index contributed by atoms with van der Waals surface area (Å²) >= 11 is 6.16. The van der Waals surface area contributed by atoms with Crippen molar-refractivity contribution in [1.29, 1.82) is 0 Å². The molecule has 2 unspecified atom stereocenters. The van der Waals surface area contributed by atoms with Crippen molar-refractivity contribution in [3.05, 3.63) is 125 Å². The highest BCUT2D eigenvalue weighted by Gasteiger charge is 2.18. The van der Waals surface area contributed by atoms with Crippen LogP contribution in [0.1, 0.15) is 48.8 Å². The molecule has 0 radical (unpaired) electrons. The minimum atomic E-state index is 0.357. The molecular formula is C31H32ClN. The van der Waals surface area contributed by atoms with Crippen LogP contribution in [-0.4, -0.2) is 6.04 Å². The van der Waals surface area contributed by atoms with Crippen LogP contribution in [0.25, 0.3) is 16.8 Å². The Hall–Kier alpha value is -2.87. The fraction of sp³-hybridized carbons (Fsp3) is 0.226. The van der Waals surface area contributed by atoms with Gasteiger partial charge in [-0.05, 0) is 77.8 Å². The van der Waals surface area contributed by atoms with E-state index in [0.29, 0.717) is 12.0 Å². The zero-order valence-electron chi connectivity index (χ0n) is 19.3. The molecule has 4 rings (SSSR count). The molecule has 1 nitrogen and oxygen atoms in total. The number of allylic oxidation sites excluding steroid dienone is 1. The lowest BCUT2D eigenvalue weighted by atomic mass is 9.87. The third-order valence-electron chi connectivity index (χ3n) is 6.34. The van der Waals surface area contributed by atoms with E-state index in [4.69, 9.17) is 11.6 Å². The lowest BCUT2D eigenvalue weighted by molar-refractivity contribution is 0.430. The second-order valence-electron chi connectivity index (χ2n) is 8.75. The van der Waals surface area contributed by atoms with Gasteiger partial charge in [0, 0.05) is 17.6 Å². The molecule has 0 aliphatic carbocycles. The fourth-order valence-electron chi connectivity index (χ4n) is 4.42. The Balaban J connectivity index is 1.38. The number of halogens is 1. The summed E-state index contributed by atoms with van der Waals surface area (Å²) in [5, 5.41) is 7.17. The molecule has 4 aromatic rings. The molecule has 0 bridgehead atoms. The molecule has 0 aliphatic rings. The van der Waals surface area contributed by atoms with Gasteiger partial charge in [0.15, 0.2) is 0 Å². The molecule has 0 amide bonds. The Morgan fingerprint density at radius 1 is 0.818 bits per heavy atom. The number of unbranched alkanes of at least 4 members (excludes halogenated alkanes) is 1. The average Bonchev–Trinajstić information content (AvgIpc) is 2.86. The molecule has 0 aliphatic heterocycles. The second-order valence-corrected chi connectivity index (χ2v) is 9.19. The molecular weight excluding hydrogens is 422 g/mol. The highest BCUT2D eigenvalue weighted by Crippen LogP contribution is 2.28. The van der Waals surface area contributed by atoms with E-state index >= 15 is 0 Å². The number of hydrogen-bond donors (Lipinski definition) is 1. The fourth-order valence-corrected chi connectivity index (χ4v) is 4.55. The summed E-state index contributed by atoms with van der Waals surface area (Å²) in [6.45, 7) is 3.17. The van der Waals surface area contributed by atoms with Crippen molar-refractivity contribution >= 4 is 28.4 Å². The third kappa shape index (κ3) is 6.81. The van der Waals surface area contributed by atoms with Crippen molar-refractivity contribution in [2.45, 2.75) is 44.7 Å². The van der Waals surface area contributed by atoms with Gasteiger partial charge in [-0.2, -0.15) is 0 Å². The lowest BCUT2D eigenvalue weighted by Gasteiger charge is -2.26. The van der Waals surface area contributed by atoms with E-state index in [2.05, 4.69) is 109 Å². The zero-order valence-corrected chi connectivity index (χ0v) is 20.0. The minimum absolute atomic E-state index is 0.357. The molecule has 0 saturated carbocycles. The van der Waals surface area contributed by atoms with Crippen LogP contribution in [0, 0.1) is 0 Å². The van der Waals surface area contributed by atoms with Crippen molar-refractivity contribution in [3.63, 3.8) is 0 Å². The Morgan fingerprint density at radius 2 is 1.55 bits per heavy atom. The zero-order chi connectivity index (χ0) is 22.9. The summed E-state index contributed by atoms with van der Waals surface area (Å²) in [5.41, 5.74) is 3.93. The van der Waals surface area contributed by atoms with Gasteiger partial charge in [0.1, 0.15) is 0 Å². The molecule has 0 spiro atoms. The van der Waals surface area contributed by atoms with E-state index in [1.807, 2.05) is 12.1 Å². The first kappa shape index (κ1) is 23.3. The maximum absolute atomic E-state index is 6.16. The maximum Gasteiger partial charge on any atom is 0.0406 e. The van der Waals surface area contributed by atoms with Crippen molar-refractivity contribution < 1.29 is 0 Å². The molecule has 2 atom stereocenters. The second kappa shape index (κ2) is 11.8. The van der Waals surface area contributed by atoms with Crippen LogP contribution in [0.15, 0.2) is 103 Å². The number of benzene rings is 4. The van der Waals surface area contributed by atoms with E-state index in [1.54, 1.807) is 0 Å². The standard InChI is InChI=1S/C31H32ClN/c1-24(33-23-26-16-17-27-13-8-9-14-29(27)22-26)31(28-18-20-30(32)21-19-28)15-7-3-6-12-25-10-4-2-5-11-25/h2,4-6,8-14,16-22,24,31,33H,3,7,15,23H2,1H3. The monoisotopic (exact) mass is 453 g/mol. The molecule has 0 fully saturated rings. The SMILES string of the molecule is CC(NCc1ccc2ccccc2c1)C(CCCC=Cc1ccccc1)c1ccc(Cl)cc1. The number of nitrogens with one attached hydrogen (secondary N) is 1. The van der Waals surface area contributed by atoms with Crippen LogP contribution >= 0.6 is 11.6 Å². The Bertz CT molecular complexity index is 1160. The first-order chi connectivity index (χ1) is 16.2. The molecule has 4 aromatic carbocycles. The van der Waals surface area contributed by atoms with Crippen LogP contribution in [0.5, 0.6) is 0 Å². The van der Waals surface area contributed by atoms with Gasteiger partial charge in [0.05, 0.1) is 0 Å². The summed E-state index contributed by atoms with van der Waals surface area (Å²) < 4.78 is 0. The van der Waals surface area contributed by atoms with Gasteiger partial charge in [-0.1, -0.05) is 103 Å². The van der Waals surface area contributed by atoms with Crippen molar-refractivity contribution in [2.24, 2.45) is 0 Å². The lowest BCUT2D eigenvalue weighted by Crippen LogP contribution is -2.32. The molecule has 168 valence electrons. The highest BCUT2D eigenvalue weighted by atomic mass is 35.5. The van der Waals surface area contributed by atoms with Crippen LogP contribution in [-0.2, 0) is 6.54 Å². The van der Waals surface area contributed by atoms with Crippen LogP contribution in [0.2, 0.25) is 5.02 Å². The largest absolute Gasteiger partial charge is 0.310 e. The Kier molecular flexibility index (Phi) is 8.35. The summed E-state index contributed by atoms with van der Waals surface area (Å²) in [7, 11) is 0. The summed E-state index contributed by atoms with van der Waals surface area (Å²) in [6.07, 6.45) is 7.88. The van der Waals surface area contributed by atoms with E-state index in [0.717, 1.165) is 30.8 Å². The molecule has 0 heterocycles. The molecule has 0 aromatic heterocycles. The van der Waals surface area contributed by atoms with Crippen LogP contribution < -0.4 is 5.32 Å². The molecule has 33 heavy (non-hydrogen) atoms. The normalized spacial score (nSPS) is 13.4. The number of hydrogen-bond acceptors (Lipinski definition) is 1. The first-order valence-corrected chi connectivity index (χ1v) is 12.2. The first-order valence-electron chi connectivity index (χ1n) is 11.9. The Morgan fingerprint density at radius 3 is 2.33 bits per heavy atom. The van der Waals surface area contributed by atoms with Gasteiger partial charge in [-0.3, -0.25) is 0 Å². The van der Waals surface area contributed by atoms with Crippen molar-refractivity contribution in [2.75, 3.05) is 0 Å². The molecule has 1 N–H and O–H groups in total. The van der Waals surface area contributed by atoms with Gasteiger partial charge in [-0.25, -0.2) is 0 Å². The van der Waals surface area contributed by atoms with Crippen LogP contribution in [0.4, 0.5) is 0 Å². The Labute approximate surface area is 203 Å². The third-order valence-corrected chi connectivity index (χ3v) is 6.59. The van der Waals surface area contributed by atoms with Gasteiger partial charge in [-0.15, -0.1) is 0 Å². The number of rotatable bonds is 10. The summed E-state index contributed by atoms with van der Waals surface area (Å²) in [6, 6.07) is 34.5. The predicted molar refractivity (Wildman–Crippen MR) is 144 cm³/mol. The minimum Gasteiger partial charge on any atom is -0.310 e. The predicted octanol–water partition coefficient (Wildman–Crippen LogP) is 8.64. The van der Waals surface area contributed by atoms with E-state index in [9.17, 15) is 0 Å². The summed E-state index contributed by atoms with van der Waals surface area (Å²) in [5.74, 6) is 0.438. The van der Waals surface area contributed by atoms with E-state index in [1.165, 1.54) is 27.5 Å². The maximum atomic E-state index is 6.16.